The number of aromatic nitrogens is 2. The third-order valence-electron chi connectivity index (χ3n) is 6.08. The van der Waals surface area contributed by atoms with Crippen LogP contribution in [-0.4, -0.2) is 47.9 Å². The van der Waals surface area contributed by atoms with Gasteiger partial charge in [-0.25, -0.2) is 4.68 Å². The molecule has 33 heavy (non-hydrogen) atoms. The van der Waals surface area contributed by atoms with Crippen molar-refractivity contribution in [2.75, 3.05) is 32.6 Å². The molecule has 1 atom stereocenters. The number of nitrogens with zero attached hydrogens (tertiary/aromatic N) is 3. The SMILES string of the molecule is COc1cc(NC(=O)CCC2CCCN(Cc3cnn(-c4ccccc4)c3)C2)cc(OC)c1. The molecule has 174 valence electrons. The minimum atomic E-state index is 0.0200. The van der Waals surface area contributed by atoms with Gasteiger partial charge in [-0.2, -0.15) is 5.10 Å². The minimum absolute atomic E-state index is 0.0200. The highest BCUT2D eigenvalue weighted by atomic mass is 16.5. The number of methoxy groups -OCH3 is 2. The lowest BCUT2D eigenvalue weighted by Gasteiger charge is -2.32. The second-order valence-electron chi connectivity index (χ2n) is 8.56. The number of carbonyl (C=O) groups excluding carboxylic acids is 1. The summed E-state index contributed by atoms with van der Waals surface area (Å²) >= 11 is 0. The van der Waals surface area contributed by atoms with Gasteiger partial charge in [0.2, 0.25) is 5.91 Å². The number of ether oxygens (including phenoxy) is 2. The molecular weight excluding hydrogens is 416 g/mol. The van der Waals surface area contributed by atoms with Crippen molar-refractivity contribution >= 4 is 11.6 Å². The maximum Gasteiger partial charge on any atom is 0.224 e. The topological polar surface area (TPSA) is 68.6 Å². The molecule has 1 saturated heterocycles. The molecule has 0 spiro atoms. The van der Waals surface area contributed by atoms with Crippen molar-refractivity contribution in [3.8, 4) is 17.2 Å². The van der Waals surface area contributed by atoms with E-state index in [0.29, 0.717) is 29.5 Å². The number of likely N-dealkylation sites (tertiary alicyclic amines) is 1. The fourth-order valence-electron chi connectivity index (χ4n) is 4.39. The summed E-state index contributed by atoms with van der Waals surface area (Å²) in [6.45, 7) is 2.98. The minimum Gasteiger partial charge on any atom is -0.497 e. The molecule has 1 aliphatic rings. The van der Waals surface area contributed by atoms with E-state index in [1.807, 2.05) is 29.1 Å². The number of para-hydroxylation sites is 1. The fraction of sp³-hybridized carbons (Fsp3) is 0.385. The zero-order valence-electron chi connectivity index (χ0n) is 19.4. The Labute approximate surface area is 195 Å². The Morgan fingerprint density at radius 3 is 2.61 bits per heavy atom. The van der Waals surface area contributed by atoms with E-state index < -0.39 is 0 Å². The molecule has 1 fully saturated rings. The highest BCUT2D eigenvalue weighted by molar-refractivity contribution is 5.91. The molecular formula is C26H32N4O3. The first-order chi connectivity index (χ1) is 16.1. The summed E-state index contributed by atoms with van der Waals surface area (Å²) in [7, 11) is 3.20. The Bertz CT molecular complexity index is 1030. The quantitative estimate of drug-likeness (QED) is 0.521. The largest absolute Gasteiger partial charge is 0.497 e. The smallest absolute Gasteiger partial charge is 0.224 e. The summed E-state index contributed by atoms with van der Waals surface area (Å²) < 4.78 is 12.5. The molecule has 1 unspecified atom stereocenters. The normalized spacial score (nSPS) is 16.4. The van der Waals surface area contributed by atoms with Gasteiger partial charge in [0.1, 0.15) is 11.5 Å². The second kappa shape index (κ2) is 11.0. The first-order valence-electron chi connectivity index (χ1n) is 11.5. The monoisotopic (exact) mass is 448 g/mol. The average Bonchev–Trinajstić information content (AvgIpc) is 3.31. The van der Waals surface area contributed by atoms with Gasteiger partial charge in [0.25, 0.3) is 0 Å². The van der Waals surface area contributed by atoms with Gasteiger partial charge in [-0.15, -0.1) is 0 Å². The van der Waals surface area contributed by atoms with Crippen LogP contribution in [0.25, 0.3) is 5.69 Å². The van der Waals surface area contributed by atoms with E-state index in [-0.39, 0.29) is 5.91 Å². The number of hydrogen-bond donors (Lipinski definition) is 1. The fourth-order valence-corrected chi connectivity index (χ4v) is 4.39. The first kappa shape index (κ1) is 22.9. The number of carbonyl (C=O) groups is 1. The third kappa shape index (κ3) is 6.35. The average molecular weight is 449 g/mol. The van der Waals surface area contributed by atoms with E-state index in [2.05, 4.69) is 33.6 Å². The molecule has 0 aliphatic carbocycles. The van der Waals surface area contributed by atoms with Crippen LogP contribution in [0.3, 0.4) is 0 Å². The van der Waals surface area contributed by atoms with Gasteiger partial charge in [0.15, 0.2) is 0 Å². The van der Waals surface area contributed by atoms with Crippen LogP contribution in [0.4, 0.5) is 5.69 Å². The van der Waals surface area contributed by atoms with Crippen LogP contribution in [0.5, 0.6) is 11.5 Å². The molecule has 0 saturated carbocycles. The summed E-state index contributed by atoms with van der Waals surface area (Å²) in [6, 6.07) is 15.6. The highest BCUT2D eigenvalue weighted by Gasteiger charge is 2.21. The summed E-state index contributed by atoms with van der Waals surface area (Å²) in [5.41, 5.74) is 2.97. The number of rotatable bonds is 9. The van der Waals surface area contributed by atoms with Gasteiger partial charge in [-0.1, -0.05) is 18.2 Å². The van der Waals surface area contributed by atoms with Crippen LogP contribution in [0.2, 0.25) is 0 Å². The number of piperidine rings is 1. The molecule has 2 heterocycles. The van der Waals surface area contributed by atoms with Crippen LogP contribution in [0.1, 0.15) is 31.2 Å². The maximum atomic E-state index is 12.5. The Balaban J connectivity index is 1.26. The van der Waals surface area contributed by atoms with Crippen LogP contribution in [-0.2, 0) is 11.3 Å². The van der Waals surface area contributed by atoms with Gasteiger partial charge < -0.3 is 14.8 Å². The van der Waals surface area contributed by atoms with Crippen molar-refractivity contribution in [3.05, 3.63) is 66.5 Å². The summed E-state index contributed by atoms with van der Waals surface area (Å²) in [5.74, 6) is 1.85. The number of hydrogen-bond acceptors (Lipinski definition) is 5. The molecule has 0 bridgehead atoms. The van der Waals surface area contributed by atoms with Crippen molar-refractivity contribution < 1.29 is 14.3 Å². The predicted molar refractivity (Wildman–Crippen MR) is 129 cm³/mol. The van der Waals surface area contributed by atoms with Crippen molar-refractivity contribution in [2.24, 2.45) is 5.92 Å². The molecule has 2 aromatic carbocycles. The Morgan fingerprint density at radius 1 is 1.12 bits per heavy atom. The van der Waals surface area contributed by atoms with E-state index in [9.17, 15) is 4.79 Å². The van der Waals surface area contributed by atoms with E-state index in [1.54, 1.807) is 32.4 Å². The van der Waals surface area contributed by atoms with Crippen molar-refractivity contribution in [3.63, 3.8) is 0 Å². The van der Waals surface area contributed by atoms with E-state index in [0.717, 1.165) is 38.2 Å². The molecule has 0 radical (unpaired) electrons. The Morgan fingerprint density at radius 2 is 1.88 bits per heavy atom. The predicted octanol–water partition coefficient (Wildman–Crippen LogP) is 4.52. The highest BCUT2D eigenvalue weighted by Crippen LogP contribution is 2.27. The van der Waals surface area contributed by atoms with Gasteiger partial charge in [0.05, 0.1) is 26.1 Å². The van der Waals surface area contributed by atoms with Gasteiger partial charge in [-0.05, 0) is 43.9 Å². The molecule has 7 heteroatoms. The lowest BCUT2D eigenvalue weighted by Crippen LogP contribution is -2.35. The van der Waals surface area contributed by atoms with Crippen molar-refractivity contribution in [2.45, 2.75) is 32.2 Å². The standard InChI is InChI=1S/C26H32N4O3/c1-32-24-13-22(14-25(15-24)33-2)28-26(31)11-10-20-7-6-12-29(17-20)18-21-16-27-30(19-21)23-8-4-3-5-9-23/h3-5,8-9,13-16,19-20H,6-7,10-12,17-18H2,1-2H3,(H,28,31). The second-order valence-corrected chi connectivity index (χ2v) is 8.56. The summed E-state index contributed by atoms with van der Waals surface area (Å²) in [6.07, 6.45) is 7.77. The molecule has 1 aromatic heterocycles. The Hall–Kier alpha value is -3.32. The van der Waals surface area contributed by atoms with Gasteiger partial charge in [-0.3, -0.25) is 9.69 Å². The van der Waals surface area contributed by atoms with Crippen LogP contribution in [0, 0.1) is 5.92 Å². The molecule has 1 aliphatic heterocycles. The lowest BCUT2D eigenvalue weighted by atomic mass is 9.93. The third-order valence-corrected chi connectivity index (χ3v) is 6.08. The van der Waals surface area contributed by atoms with Gasteiger partial charge >= 0.3 is 0 Å². The molecule has 3 aromatic rings. The van der Waals surface area contributed by atoms with E-state index in [4.69, 9.17) is 9.47 Å². The van der Waals surface area contributed by atoms with Crippen molar-refractivity contribution in [1.29, 1.82) is 0 Å². The first-order valence-corrected chi connectivity index (χ1v) is 11.5. The number of benzene rings is 2. The van der Waals surface area contributed by atoms with Crippen LogP contribution < -0.4 is 14.8 Å². The van der Waals surface area contributed by atoms with Crippen LogP contribution in [0.15, 0.2) is 60.9 Å². The zero-order valence-corrected chi connectivity index (χ0v) is 19.4. The number of nitrogens with one attached hydrogen (secondary N) is 1. The summed E-state index contributed by atoms with van der Waals surface area (Å²) in [4.78, 5) is 15.0. The Kier molecular flexibility index (Phi) is 7.62. The molecule has 4 rings (SSSR count). The zero-order chi connectivity index (χ0) is 23.0. The molecule has 1 amide bonds. The summed E-state index contributed by atoms with van der Waals surface area (Å²) in [5, 5.41) is 7.49. The number of amides is 1. The number of anilines is 1. The van der Waals surface area contributed by atoms with Crippen LogP contribution >= 0.6 is 0 Å². The van der Waals surface area contributed by atoms with Crippen molar-refractivity contribution in [1.82, 2.24) is 14.7 Å². The van der Waals surface area contributed by atoms with E-state index in [1.165, 1.54) is 12.0 Å². The molecule has 7 nitrogen and oxygen atoms in total. The maximum absolute atomic E-state index is 12.5. The lowest BCUT2D eigenvalue weighted by molar-refractivity contribution is -0.116. The van der Waals surface area contributed by atoms with E-state index >= 15 is 0 Å². The molecule has 1 N–H and O–H groups in total. The van der Waals surface area contributed by atoms with Gasteiger partial charge in [0, 0.05) is 55.2 Å².